The van der Waals surface area contributed by atoms with Crippen LogP contribution in [0.5, 0.6) is 5.75 Å². The van der Waals surface area contributed by atoms with Gasteiger partial charge in [0.25, 0.3) is 0 Å². The fourth-order valence-corrected chi connectivity index (χ4v) is 4.67. The summed E-state index contributed by atoms with van der Waals surface area (Å²) in [5, 5.41) is 3.96. The van der Waals surface area contributed by atoms with Gasteiger partial charge in [-0.2, -0.15) is 0 Å². The van der Waals surface area contributed by atoms with Gasteiger partial charge in [-0.1, -0.05) is 71.9 Å². The monoisotopic (exact) mass is 452 g/mol. The zero-order chi connectivity index (χ0) is 23.5. The number of nitrogens with zero attached hydrogens (tertiary/aromatic N) is 2. The molecule has 0 saturated heterocycles. The normalized spacial score (nSPS) is 15.1. The molecule has 2 heterocycles. The number of fused-ring (bicyclic) bond motifs is 1. The third-order valence-electron chi connectivity index (χ3n) is 6.56. The highest BCUT2D eigenvalue weighted by Crippen LogP contribution is 2.35. The van der Waals surface area contributed by atoms with Crippen LogP contribution in [0.3, 0.4) is 0 Å². The molecule has 0 aliphatic carbocycles. The molecule has 0 fully saturated rings. The first-order chi connectivity index (χ1) is 16.6. The average Bonchev–Trinajstić information content (AvgIpc) is 3.20. The lowest BCUT2D eigenvalue weighted by Gasteiger charge is -2.38. The largest absolute Gasteiger partial charge is 0.489 e. The highest BCUT2D eigenvalue weighted by atomic mass is 16.5. The quantitative estimate of drug-likeness (QED) is 0.383. The van der Waals surface area contributed by atoms with Gasteiger partial charge in [-0.15, -0.1) is 0 Å². The van der Waals surface area contributed by atoms with Crippen molar-refractivity contribution in [3.8, 4) is 5.75 Å². The summed E-state index contributed by atoms with van der Waals surface area (Å²) in [6.45, 7) is 4.92. The van der Waals surface area contributed by atoms with Crippen LogP contribution in [0.1, 0.15) is 45.3 Å². The lowest BCUT2D eigenvalue weighted by Crippen LogP contribution is -2.41. The Labute approximate surface area is 200 Å². The molecule has 5 nitrogen and oxygen atoms in total. The van der Waals surface area contributed by atoms with Gasteiger partial charge >= 0.3 is 0 Å². The summed E-state index contributed by atoms with van der Waals surface area (Å²) in [5.74, 6) is 1.66. The van der Waals surface area contributed by atoms with Crippen LogP contribution in [0.2, 0.25) is 0 Å². The number of rotatable bonds is 6. The minimum Gasteiger partial charge on any atom is -0.489 e. The Morgan fingerprint density at radius 3 is 2.47 bits per heavy atom. The molecular formula is C29H28N2O3. The van der Waals surface area contributed by atoms with Crippen molar-refractivity contribution in [1.82, 2.24) is 10.1 Å². The third-order valence-corrected chi connectivity index (χ3v) is 6.56. The van der Waals surface area contributed by atoms with Crippen molar-refractivity contribution < 1.29 is 14.1 Å². The smallest absolute Gasteiger partial charge is 0.227 e. The van der Waals surface area contributed by atoms with Crippen LogP contribution < -0.4 is 4.74 Å². The van der Waals surface area contributed by atoms with E-state index in [4.69, 9.17) is 9.26 Å². The minimum atomic E-state index is -0.0590. The Balaban J connectivity index is 1.30. The maximum atomic E-state index is 13.5. The SMILES string of the molecule is Cc1noc(C)c1COc1ccc(CC(=O)N2CCc3ccccc3C2c2ccccc2)cc1. The number of amides is 1. The van der Waals surface area contributed by atoms with E-state index in [1.165, 1.54) is 11.1 Å². The van der Waals surface area contributed by atoms with Gasteiger partial charge in [0.1, 0.15) is 18.1 Å². The molecule has 172 valence electrons. The van der Waals surface area contributed by atoms with Crippen molar-refractivity contribution in [2.24, 2.45) is 0 Å². The number of aryl methyl sites for hydroxylation is 2. The third kappa shape index (κ3) is 4.46. The Kier molecular flexibility index (Phi) is 6.17. The number of benzene rings is 3. The number of ether oxygens (including phenoxy) is 1. The summed E-state index contributed by atoms with van der Waals surface area (Å²) in [6.07, 6.45) is 1.23. The van der Waals surface area contributed by atoms with E-state index in [0.717, 1.165) is 40.3 Å². The Morgan fingerprint density at radius 1 is 1.00 bits per heavy atom. The van der Waals surface area contributed by atoms with E-state index in [0.29, 0.717) is 19.6 Å². The Hall–Kier alpha value is -3.86. The molecule has 0 spiro atoms. The Morgan fingerprint density at radius 2 is 1.74 bits per heavy atom. The number of hydrogen-bond acceptors (Lipinski definition) is 4. The molecule has 1 aliphatic heterocycles. The van der Waals surface area contributed by atoms with E-state index < -0.39 is 0 Å². The maximum Gasteiger partial charge on any atom is 0.227 e. The van der Waals surface area contributed by atoms with Crippen LogP contribution in [-0.2, 0) is 24.2 Å². The first-order valence-electron chi connectivity index (χ1n) is 11.7. The summed E-state index contributed by atoms with van der Waals surface area (Å²) in [4.78, 5) is 15.5. The van der Waals surface area contributed by atoms with Crippen LogP contribution in [0.4, 0.5) is 0 Å². The van der Waals surface area contributed by atoms with E-state index in [1.54, 1.807) is 0 Å². The van der Waals surface area contributed by atoms with Crippen LogP contribution in [-0.4, -0.2) is 22.5 Å². The van der Waals surface area contributed by atoms with Gasteiger partial charge in [0.2, 0.25) is 5.91 Å². The molecule has 0 saturated carbocycles. The number of carbonyl (C=O) groups excluding carboxylic acids is 1. The predicted molar refractivity (Wildman–Crippen MR) is 131 cm³/mol. The van der Waals surface area contributed by atoms with Gasteiger partial charge in [0, 0.05) is 6.54 Å². The molecule has 0 bridgehead atoms. The Bertz CT molecular complexity index is 1260. The van der Waals surface area contributed by atoms with Gasteiger partial charge in [-0.3, -0.25) is 4.79 Å². The second-order valence-electron chi connectivity index (χ2n) is 8.76. The summed E-state index contributed by atoms with van der Waals surface area (Å²) in [5.41, 5.74) is 6.47. The number of carbonyl (C=O) groups is 1. The van der Waals surface area contributed by atoms with E-state index >= 15 is 0 Å². The lowest BCUT2D eigenvalue weighted by atomic mass is 9.88. The van der Waals surface area contributed by atoms with Gasteiger partial charge in [0.05, 0.1) is 23.7 Å². The van der Waals surface area contributed by atoms with Crippen LogP contribution in [0.25, 0.3) is 0 Å². The summed E-state index contributed by atoms with van der Waals surface area (Å²) >= 11 is 0. The first-order valence-corrected chi connectivity index (χ1v) is 11.7. The van der Waals surface area contributed by atoms with Gasteiger partial charge in [0.15, 0.2) is 0 Å². The predicted octanol–water partition coefficient (Wildman–Crippen LogP) is 5.59. The van der Waals surface area contributed by atoms with Crippen molar-refractivity contribution >= 4 is 5.91 Å². The fraction of sp³-hybridized carbons (Fsp3) is 0.241. The molecule has 5 rings (SSSR count). The van der Waals surface area contributed by atoms with Crippen molar-refractivity contribution in [2.45, 2.75) is 39.3 Å². The maximum absolute atomic E-state index is 13.5. The summed E-state index contributed by atoms with van der Waals surface area (Å²) in [6, 6.07) is 26.5. The molecule has 1 unspecified atom stereocenters. The molecule has 4 aromatic rings. The van der Waals surface area contributed by atoms with Gasteiger partial charge in [-0.05, 0) is 54.7 Å². The molecule has 34 heavy (non-hydrogen) atoms. The lowest BCUT2D eigenvalue weighted by molar-refractivity contribution is -0.132. The number of hydrogen-bond donors (Lipinski definition) is 0. The molecule has 1 aliphatic rings. The van der Waals surface area contributed by atoms with E-state index in [9.17, 15) is 4.79 Å². The van der Waals surface area contributed by atoms with Gasteiger partial charge in [-0.25, -0.2) is 0 Å². The molecule has 0 radical (unpaired) electrons. The molecule has 1 atom stereocenters. The van der Waals surface area contributed by atoms with E-state index in [-0.39, 0.29) is 11.9 Å². The standard InChI is InChI=1S/C29H28N2O3/c1-20-27(21(2)34-30-20)19-33-25-14-12-22(13-15-25)18-28(32)31-17-16-23-8-6-7-11-26(23)29(31)24-9-4-3-5-10-24/h3-15,29H,16-19H2,1-2H3. The zero-order valence-corrected chi connectivity index (χ0v) is 19.5. The van der Waals surface area contributed by atoms with Gasteiger partial charge < -0.3 is 14.2 Å². The van der Waals surface area contributed by atoms with Crippen molar-refractivity contribution in [3.05, 3.63) is 118 Å². The molecule has 3 aromatic carbocycles. The topological polar surface area (TPSA) is 55.6 Å². The highest BCUT2D eigenvalue weighted by molar-refractivity contribution is 5.80. The van der Waals surface area contributed by atoms with Crippen molar-refractivity contribution in [3.63, 3.8) is 0 Å². The molecule has 1 amide bonds. The van der Waals surface area contributed by atoms with Crippen LogP contribution in [0.15, 0.2) is 83.4 Å². The second-order valence-corrected chi connectivity index (χ2v) is 8.76. The second kappa shape index (κ2) is 9.56. The fourth-order valence-electron chi connectivity index (χ4n) is 4.67. The van der Waals surface area contributed by atoms with Crippen molar-refractivity contribution in [1.29, 1.82) is 0 Å². The summed E-state index contributed by atoms with van der Waals surface area (Å²) < 4.78 is 11.1. The average molecular weight is 453 g/mol. The molecule has 5 heteroatoms. The zero-order valence-electron chi connectivity index (χ0n) is 19.5. The molecular weight excluding hydrogens is 424 g/mol. The van der Waals surface area contributed by atoms with E-state index in [1.807, 2.05) is 61.2 Å². The van der Waals surface area contributed by atoms with E-state index in [2.05, 4.69) is 41.6 Å². The molecule has 0 N–H and O–H groups in total. The number of aromatic nitrogens is 1. The first kappa shape index (κ1) is 22.0. The molecule has 1 aromatic heterocycles. The van der Waals surface area contributed by atoms with Crippen LogP contribution in [0, 0.1) is 13.8 Å². The van der Waals surface area contributed by atoms with Crippen molar-refractivity contribution in [2.75, 3.05) is 6.54 Å². The highest BCUT2D eigenvalue weighted by Gasteiger charge is 2.31. The van der Waals surface area contributed by atoms with Crippen LogP contribution >= 0.6 is 0 Å². The minimum absolute atomic E-state index is 0.0590. The summed E-state index contributed by atoms with van der Waals surface area (Å²) in [7, 11) is 0.